The second-order valence-corrected chi connectivity index (χ2v) is 23.2. The molecule has 0 aliphatic carbocycles. The minimum Gasteiger partial charge on any atom is -0.310 e. The molecule has 0 radical (unpaired) electrons. The van der Waals surface area contributed by atoms with E-state index < -0.39 is 0 Å². The summed E-state index contributed by atoms with van der Waals surface area (Å²) in [6.07, 6.45) is 18.0. The highest BCUT2D eigenvalue weighted by atomic mass is 79.9. The molecule has 10 rings (SSSR count). The number of fused-ring (bicyclic) bond motifs is 2. The fourth-order valence-corrected chi connectivity index (χ4v) is 12.5. The first-order valence-electron chi connectivity index (χ1n) is 28.8. The number of benzene rings is 10. The van der Waals surface area contributed by atoms with Crippen LogP contribution in [0, 0.1) is 13.8 Å². The minimum absolute atomic E-state index is 1.06. The number of hydrogen-bond donors (Lipinski definition) is 0. The molecular weight excluding hydrogens is 1080 g/mol. The highest BCUT2D eigenvalue weighted by Gasteiger charge is 2.21. The molecule has 0 amide bonds. The highest BCUT2D eigenvalue weighted by Crippen LogP contribution is 2.46. The normalized spacial score (nSPS) is 11.4. The van der Waals surface area contributed by atoms with E-state index in [0.717, 1.165) is 55.9 Å². The predicted octanol–water partition coefficient (Wildman–Crippen LogP) is 23.9. The zero-order valence-corrected chi connectivity index (χ0v) is 49.4. The quantitative estimate of drug-likeness (QED) is 0.0589. The third kappa shape index (κ3) is 12.7. The summed E-state index contributed by atoms with van der Waals surface area (Å²) in [6.45, 7) is 9.16. The number of aryl methyl sites for hydroxylation is 4. The molecule has 4 heteroatoms. The average Bonchev–Trinajstić information content (AvgIpc) is 3.64. The van der Waals surface area contributed by atoms with Gasteiger partial charge in [-0.3, -0.25) is 0 Å². The lowest BCUT2D eigenvalue weighted by molar-refractivity contribution is 0.607. The molecule has 0 aromatic heterocycles. The van der Waals surface area contributed by atoms with Gasteiger partial charge in [0.25, 0.3) is 0 Å². The van der Waals surface area contributed by atoms with E-state index in [9.17, 15) is 0 Å². The number of hydrogen-bond acceptors (Lipinski definition) is 2. The third-order valence-corrected chi connectivity index (χ3v) is 16.8. The summed E-state index contributed by atoms with van der Waals surface area (Å²) < 4.78 is 2.12. The van der Waals surface area contributed by atoms with Crippen molar-refractivity contribution in [2.75, 3.05) is 9.80 Å². The molecule has 0 atom stereocenters. The van der Waals surface area contributed by atoms with Crippen LogP contribution in [-0.4, -0.2) is 0 Å². The van der Waals surface area contributed by atoms with E-state index in [2.05, 4.69) is 276 Å². The summed E-state index contributed by atoms with van der Waals surface area (Å²) in [5.74, 6) is 0. The van der Waals surface area contributed by atoms with Crippen molar-refractivity contribution in [3.8, 4) is 33.4 Å². The predicted molar refractivity (Wildman–Crippen MR) is 346 cm³/mol. The van der Waals surface area contributed by atoms with Crippen molar-refractivity contribution in [1.29, 1.82) is 0 Å². The molecule has 2 nitrogen and oxygen atoms in total. The lowest BCUT2D eigenvalue weighted by atomic mass is 9.83. The summed E-state index contributed by atoms with van der Waals surface area (Å²) in [5, 5.41) is 5.03. The first-order chi connectivity index (χ1) is 38.3. The Hall–Kier alpha value is -6.72. The van der Waals surface area contributed by atoms with Crippen molar-refractivity contribution < 1.29 is 0 Å². The lowest BCUT2D eigenvalue weighted by Gasteiger charge is -2.26. The van der Waals surface area contributed by atoms with Crippen LogP contribution in [0.15, 0.2) is 215 Å². The van der Waals surface area contributed by atoms with Gasteiger partial charge in [0.05, 0.1) is 0 Å². The number of unbranched alkanes of at least 4 members (excludes halogenated alkanes) is 10. The van der Waals surface area contributed by atoms with E-state index in [-0.39, 0.29) is 0 Å². The molecule has 0 heterocycles. The van der Waals surface area contributed by atoms with E-state index in [0.29, 0.717) is 0 Å². The Morgan fingerprint density at radius 2 is 0.641 bits per heavy atom. The topological polar surface area (TPSA) is 6.48 Å². The molecule has 0 saturated heterocycles. The summed E-state index contributed by atoms with van der Waals surface area (Å²) >= 11 is 7.54. The maximum Gasteiger partial charge on any atom is 0.0472 e. The number of rotatable bonds is 23. The van der Waals surface area contributed by atoms with E-state index in [1.807, 2.05) is 0 Å². The second kappa shape index (κ2) is 26.3. The first-order valence-corrected chi connectivity index (χ1v) is 30.4. The Morgan fingerprint density at radius 3 is 1.00 bits per heavy atom. The van der Waals surface area contributed by atoms with Crippen molar-refractivity contribution in [2.45, 2.75) is 118 Å². The van der Waals surface area contributed by atoms with Crippen LogP contribution in [0.25, 0.3) is 54.9 Å². The molecule has 10 aromatic carbocycles. The molecule has 78 heavy (non-hydrogen) atoms. The van der Waals surface area contributed by atoms with Crippen molar-refractivity contribution in [2.24, 2.45) is 0 Å². The van der Waals surface area contributed by atoms with Crippen LogP contribution in [0.3, 0.4) is 0 Å². The Kier molecular flexibility index (Phi) is 18.4. The van der Waals surface area contributed by atoms with Gasteiger partial charge in [-0.1, -0.05) is 231 Å². The molecule has 0 spiro atoms. The zero-order chi connectivity index (χ0) is 53.8. The standard InChI is InChI=1S/C74H74Br2N2/c1-5-7-9-11-13-15-23-55-33-41-61(42-34-55)77(65-27-21-25-59(75)51-65)63-45-37-57(38-46-63)71-49-53(3)73(69-31-19-17-29-67(69)71)74-54(4)50-72(68-30-18-20-32-70(68)74)58-39-47-64(48-40-58)78(66-28-22-26-60(76)52-66)62-43-35-56(36-44-62)24-16-14-12-10-8-6-2/h17-22,25-52H,5-16,23-24H2,1-4H3. The summed E-state index contributed by atoms with van der Waals surface area (Å²) in [7, 11) is 0. The van der Waals surface area contributed by atoms with Gasteiger partial charge in [-0.25, -0.2) is 0 Å². The number of nitrogens with zero attached hydrogens (tertiary/aromatic N) is 2. The molecule has 0 aliphatic heterocycles. The van der Waals surface area contributed by atoms with Gasteiger partial charge in [-0.15, -0.1) is 0 Å². The van der Waals surface area contributed by atoms with Gasteiger partial charge in [-0.05, 0) is 202 Å². The van der Waals surface area contributed by atoms with Gasteiger partial charge in [-0.2, -0.15) is 0 Å². The van der Waals surface area contributed by atoms with Crippen LogP contribution in [0.5, 0.6) is 0 Å². The summed E-state index contributed by atoms with van der Waals surface area (Å²) in [4.78, 5) is 4.74. The van der Waals surface area contributed by atoms with Crippen molar-refractivity contribution in [3.63, 3.8) is 0 Å². The lowest BCUT2D eigenvalue weighted by Crippen LogP contribution is -2.10. The number of anilines is 6. The summed E-state index contributed by atoms with van der Waals surface area (Å²) in [6, 6.07) is 76.9. The largest absolute Gasteiger partial charge is 0.310 e. The van der Waals surface area contributed by atoms with Crippen molar-refractivity contribution >= 4 is 87.5 Å². The fraction of sp³-hybridized carbons (Fsp3) is 0.243. The van der Waals surface area contributed by atoms with Gasteiger partial charge in [0.1, 0.15) is 0 Å². The molecule has 0 saturated carbocycles. The molecule has 394 valence electrons. The molecule has 10 aromatic rings. The SMILES string of the molecule is CCCCCCCCc1ccc(N(c2ccc(-c3cc(C)c(-c4c(C)cc(-c5ccc(N(c6ccc(CCCCCCCC)cc6)c6cccc(Br)c6)cc5)c5ccccc45)c4ccccc34)cc2)c2cccc(Br)c2)cc1. The maximum atomic E-state index is 3.77. The highest BCUT2D eigenvalue weighted by molar-refractivity contribution is 9.10. The van der Waals surface area contributed by atoms with Crippen LogP contribution in [0.1, 0.15) is 113 Å². The zero-order valence-electron chi connectivity index (χ0n) is 46.2. The molecule has 0 aliphatic rings. The van der Waals surface area contributed by atoms with Crippen molar-refractivity contribution in [3.05, 3.63) is 237 Å². The fourth-order valence-electron chi connectivity index (χ4n) is 11.7. The molecule has 0 unspecified atom stereocenters. The molecule has 0 fully saturated rings. The smallest absolute Gasteiger partial charge is 0.0472 e. The van der Waals surface area contributed by atoms with E-state index in [1.165, 1.54) is 154 Å². The van der Waals surface area contributed by atoms with E-state index in [1.54, 1.807) is 0 Å². The Morgan fingerprint density at radius 1 is 0.308 bits per heavy atom. The first kappa shape index (κ1) is 54.6. The van der Waals surface area contributed by atoms with Crippen LogP contribution in [0.2, 0.25) is 0 Å². The monoisotopic (exact) mass is 1150 g/mol. The van der Waals surface area contributed by atoms with Crippen molar-refractivity contribution in [1.82, 2.24) is 0 Å². The maximum absolute atomic E-state index is 3.77. The minimum atomic E-state index is 1.06. The number of halogens is 2. The Labute approximate surface area is 482 Å². The van der Waals surface area contributed by atoms with E-state index in [4.69, 9.17) is 0 Å². The van der Waals surface area contributed by atoms with Crippen LogP contribution < -0.4 is 9.80 Å². The average molecular weight is 1150 g/mol. The van der Waals surface area contributed by atoms with Crippen LogP contribution in [0.4, 0.5) is 34.1 Å². The summed E-state index contributed by atoms with van der Waals surface area (Å²) in [5.41, 5.74) is 19.6. The third-order valence-electron chi connectivity index (χ3n) is 15.8. The van der Waals surface area contributed by atoms with Gasteiger partial charge in [0.15, 0.2) is 0 Å². The van der Waals surface area contributed by atoms with E-state index >= 15 is 0 Å². The van der Waals surface area contributed by atoms with Gasteiger partial charge >= 0.3 is 0 Å². The van der Waals surface area contributed by atoms with Gasteiger partial charge < -0.3 is 9.80 Å². The Balaban J connectivity index is 0.947. The van der Waals surface area contributed by atoms with Crippen LogP contribution >= 0.6 is 31.9 Å². The van der Waals surface area contributed by atoms with Gasteiger partial charge in [0.2, 0.25) is 0 Å². The van der Waals surface area contributed by atoms with Gasteiger partial charge in [0, 0.05) is 43.1 Å². The second-order valence-electron chi connectivity index (χ2n) is 21.4. The Bertz CT molecular complexity index is 3340. The van der Waals surface area contributed by atoms with Crippen LogP contribution in [-0.2, 0) is 12.8 Å². The molecular formula is C74H74Br2N2. The molecule has 0 bridgehead atoms. The molecule has 0 N–H and O–H groups in total.